The van der Waals surface area contributed by atoms with Gasteiger partial charge in [-0.25, -0.2) is 18.1 Å². The highest BCUT2D eigenvalue weighted by atomic mass is 32.2. The SMILES string of the molecule is Cc1ccnc(-n2cc(S(=O)(=O)N3C[C@H](C)OC[C@H]3C)cn2)c1. The first kappa shape index (κ1) is 16.1. The summed E-state index contributed by atoms with van der Waals surface area (Å²) in [6, 6.07) is 3.53. The summed E-state index contributed by atoms with van der Waals surface area (Å²) >= 11 is 0. The number of aromatic nitrogens is 3. The van der Waals surface area contributed by atoms with Crippen LogP contribution in [0.5, 0.6) is 0 Å². The van der Waals surface area contributed by atoms with Gasteiger partial charge < -0.3 is 4.74 Å². The third-order valence-electron chi connectivity index (χ3n) is 3.85. The summed E-state index contributed by atoms with van der Waals surface area (Å²) in [4.78, 5) is 4.39. The van der Waals surface area contributed by atoms with Crippen LogP contribution in [0.25, 0.3) is 5.82 Å². The van der Waals surface area contributed by atoms with E-state index < -0.39 is 10.0 Å². The van der Waals surface area contributed by atoms with Crippen molar-refractivity contribution in [3.05, 3.63) is 36.3 Å². The van der Waals surface area contributed by atoms with Gasteiger partial charge in [0.2, 0.25) is 10.0 Å². The molecule has 0 amide bonds. The van der Waals surface area contributed by atoms with Crippen LogP contribution in [0.4, 0.5) is 0 Å². The van der Waals surface area contributed by atoms with Gasteiger partial charge in [0.1, 0.15) is 4.90 Å². The number of morpholine rings is 1. The topological polar surface area (TPSA) is 77.3 Å². The van der Waals surface area contributed by atoms with Crippen LogP contribution in [-0.2, 0) is 14.8 Å². The summed E-state index contributed by atoms with van der Waals surface area (Å²) in [7, 11) is -3.60. The summed E-state index contributed by atoms with van der Waals surface area (Å²) in [6.45, 7) is 6.40. The number of pyridine rings is 1. The molecule has 1 aliphatic rings. The predicted molar refractivity (Wildman–Crippen MR) is 84.9 cm³/mol. The Hall–Kier alpha value is -1.77. The molecule has 23 heavy (non-hydrogen) atoms. The van der Waals surface area contributed by atoms with Crippen molar-refractivity contribution in [2.24, 2.45) is 0 Å². The zero-order valence-corrected chi connectivity index (χ0v) is 14.2. The minimum absolute atomic E-state index is 0.116. The van der Waals surface area contributed by atoms with E-state index in [0.29, 0.717) is 19.0 Å². The van der Waals surface area contributed by atoms with Gasteiger partial charge in [0, 0.05) is 18.8 Å². The fraction of sp³-hybridized carbons (Fsp3) is 0.467. The number of sulfonamides is 1. The van der Waals surface area contributed by atoms with Crippen LogP contribution in [0.15, 0.2) is 35.6 Å². The molecule has 0 spiro atoms. The first-order chi connectivity index (χ1) is 10.9. The van der Waals surface area contributed by atoms with Crippen molar-refractivity contribution in [3.63, 3.8) is 0 Å². The van der Waals surface area contributed by atoms with Crippen LogP contribution in [0.1, 0.15) is 19.4 Å². The Morgan fingerprint density at radius 1 is 1.35 bits per heavy atom. The molecule has 8 heteroatoms. The molecule has 0 saturated carbocycles. The number of ether oxygens (including phenoxy) is 1. The molecule has 0 unspecified atom stereocenters. The van der Waals surface area contributed by atoms with Crippen molar-refractivity contribution in [2.45, 2.75) is 37.8 Å². The second-order valence-corrected chi connectivity index (χ2v) is 7.77. The van der Waals surface area contributed by atoms with Gasteiger partial charge in [0.15, 0.2) is 5.82 Å². The highest BCUT2D eigenvalue weighted by Gasteiger charge is 2.35. The van der Waals surface area contributed by atoms with Crippen LogP contribution in [0.3, 0.4) is 0 Å². The summed E-state index contributed by atoms with van der Waals surface area (Å²) < 4.78 is 34.2. The van der Waals surface area contributed by atoms with Crippen molar-refractivity contribution in [1.82, 2.24) is 19.1 Å². The van der Waals surface area contributed by atoms with E-state index in [1.165, 1.54) is 21.4 Å². The molecule has 0 bridgehead atoms. The molecule has 0 radical (unpaired) electrons. The molecule has 2 aromatic rings. The molecule has 2 atom stereocenters. The van der Waals surface area contributed by atoms with Crippen molar-refractivity contribution in [2.75, 3.05) is 13.2 Å². The van der Waals surface area contributed by atoms with E-state index in [0.717, 1.165) is 5.56 Å². The average Bonchev–Trinajstić information content (AvgIpc) is 3.00. The molecule has 0 aliphatic carbocycles. The van der Waals surface area contributed by atoms with E-state index in [2.05, 4.69) is 10.1 Å². The van der Waals surface area contributed by atoms with Gasteiger partial charge in [0.05, 0.1) is 25.1 Å². The van der Waals surface area contributed by atoms with Gasteiger partial charge in [-0.05, 0) is 38.5 Å². The molecule has 0 N–H and O–H groups in total. The minimum atomic E-state index is -3.60. The normalized spacial score (nSPS) is 23.1. The lowest BCUT2D eigenvalue weighted by Gasteiger charge is -2.35. The molecule has 0 aromatic carbocycles. The third kappa shape index (κ3) is 3.15. The van der Waals surface area contributed by atoms with E-state index in [-0.39, 0.29) is 17.0 Å². The molecule has 7 nitrogen and oxygen atoms in total. The Kier molecular flexibility index (Phi) is 4.22. The number of hydrogen-bond acceptors (Lipinski definition) is 5. The second-order valence-electron chi connectivity index (χ2n) is 5.88. The first-order valence-electron chi connectivity index (χ1n) is 7.49. The summed E-state index contributed by atoms with van der Waals surface area (Å²) in [5, 5.41) is 4.15. The Balaban J connectivity index is 1.92. The molecule has 3 rings (SSSR count). The van der Waals surface area contributed by atoms with Gasteiger partial charge in [-0.15, -0.1) is 0 Å². The molecule has 1 saturated heterocycles. The predicted octanol–water partition coefficient (Wildman–Crippen LogP) is 1.37. The largest absolute Gasteiger partial charge is 0.375 e. The van der Waals surface area contributed by atoms with Crippen molar-refractivity contribution >= 4 is 10.0 Å². The lowest BCUT2D eigenvalue weighted by molar-refractivity contribution is -0.0170. The maximum atomic E-state index is 12.9. The maximum Gasteiger partial charge on any atom is 0.246 e. The molecule has 1 aliphatic heterocycles. The Labute approximate surface area is 135 Å². The Morgan fingerprint density at radius 2 is 2.13 bits per heavy atom. The van der Waals surface area contributed by atoms with E-state index in [1.807, 2.05) is 32.9 Å². The monoisotopic (exact) mass is 336 g/mol. The highest BCUT2D eigenvalue weighted by Crippen LogP contribution is 2.22. The first-order valence-corrected chi connectivity index (χ1v) is 8.93. The zero-order chi connectivity index (χ0) is 16.6. The quantitative estimate of drug-likeness (QED) is 0.846. The summed E-state index contributed by atoms with van der Waals surface area (Å²) in [5.41, 5.74) is 1.03. The lowest BCUT2D eigenvalue weighted by atomic mass is 10.2. The zero-order valence-electron chi connectivity index (χ0n) is 13.4. The highest BCUT2D eigenvalue weighted by molar-refractivity contribution is 7.89. The number of aryl methyl sites for hydroxylation is 1. The molecule has 3 heterocycles. The van der Waals surface area contributed by atoms with Crippen molar-refractivity contribution < 1.29 is 13.2 Å². The van der Waals surface area contributed by atoms with Crippen LogP contribution < -0.4 is 0 Å². The summed E-state index contributed by atoms with van der Waals surface area (Å²) in [6.07, 6.45) is 4.43. The van der Waals surface area contributed by atoms with Crippen molar-refractivity contribution in [3.8, 4) is 5.82 Å². The van der Waals surface area contributed by atoms with E-state index in [4.69, 9.17) is 4.74 Å². The number of nitrogens with zero attached hydrogens (tertiary/aromatic N) is 4. The van der Waals surface area contributed by atoms with Gasteiger partial charge in [-0.3, -0.25) is 0 Å². The van der Waals surface area contributed by atoms with Crippen LogP contribution >= 0.6 is 0 Å². The van der Waals surface area contributed by atoms with E-state index >= 15 is 0 Å². The molecule has 124 valence electrons. The third-order valence-corrected chi connectivity index (χ3v) is 5.78. The van der Waals surface area contributed by atoms with E-state index in [1.54, 1.807) is 6.20 Å². The van der Waals surface area contributed by atoms with Crippen LogP contribution in [0.2, 0.25) is 0 Å². The molecule has 2 aromatic heterocycles. The Bertz CT molecular complexity index is 803. The van der Waals surface area contributed by atoms with Crippen LogP contribution in [-0.4, -0.2) is 52.8 Å². The van der Waals surface area contributed by atoms with Gasteiger partial charge in [0.25, 0.3) is 0 Å². The fourth-order valence-corrected chi connectivity index (χ4v) is 4.18. The lowest BCUT2D eigenvalue weighted by Crippen LogP contribution is -2.49. The fourth-order valence-electron chi connectivity index (χ4n) is 2.55. The minimum Gasteiger partial charge on any atom is -0.375 e. The molecular weight excluding hydrogens is 316 g/mol. The van der Waals surface area contributed by atoms with Gasteiger partial charge in [-0.1, -0.05) is 0 Å². The van der Waals surface area contributed by atoms with Gasteiger partial charge in [-0.2, -0.15) is 9.40 Å². The number of rotatable bonds is 3. The van der Waals surface area contributed by atoms with Crippen molar-refractivity contribution in [1.29, 1.82) is 0 Å². The maximum absolute atomic E-state index is 12.9. The number of hydrogen-bond donors (Lipinski definition) is 0. The molecular formula is C15H20N4O3S. The standard InChI is InChI=1S/C15H20N4O3S/c1-11-4-5-16-15(6-11)18-9-14(7-17-18)23(20,21)19-8-13(3)22-10-12(19)2/h4-7,9,12-13H,8,10H2,1-3H3/t12-,13+/m1/s1. The smallest absolute Gasteiger partial charge is 0.246 e. The van der Waals surface area contributed by atoms with Gasteiger partial charge >= 0.3 is 0 Å². The summed E-state index contributed by atoms with van der Waals surface area (Å²) in [5.74, 6) is 0.592. The average molecular weight is 336 g/mol. The van der Waals surface area contributed by atoms with Crippen LogP contribution in [0, 0.1) is 6.92 Å². The molecule has 1 fully saturated rings. The Morgan fingerprint density at radius 3 is 2.87 bits per heavy atom. The van der Waals surface area contributed by atoms with E-state index in [9.17, 15) is 8.42 Å². The second kappa shape index (κ2) is 6.03.